The summed E-state index contributed by atoms with van der Waals surface area (Å²) in [6.45, 7) is 3.86. The predicted octanol–water partition coefficient (Wildman–Crippen LogP) is 4.94. The summed E-state index contributed by atoms with van der Waals surface area (Å²) in [7, 11) is 0. The van der Waals surface area contributed by atoms with Crippen LogP contribution >= 0.6 is 0 Å². The summed E-state index contributed by atoms with van der Waals surface area (Å²) in [5.41, 5.74) is -0.681. The molecule has 32 heavy (non-hydrogen) atoms. The van der Waals surface area contributed by atoms with E-state index in [9.17, 15) is 27.5 Å². The molecular weight excluding hydrogens is 426 g/mol. The van der Waals surface area contributed by atoms with Crippen LogP contribution in [0, 0.1) is 13.8 Å². The number of carbonyl (C=O) groups excluding carboxylic acids is 1. The van der Waals surface area contributed by atoms with Gasteiger partial charge in [-0.3, -0.25) is 4.79 Å². The molecule has 5 nitrogen and oxygen atoms in total. The van der Waals surface area contributed by atoms with E-state index in [4.69, 9.17) is 0 Å². The van der Waals surface area contributed by atoms with Crippen LogP contribution in [0.1, 0.15) is 27.9 Å². The lowest BCUT2D eigenvalue weighted by Gasteiger charge is -2.30. The van der Waals surface area contributed by atoms with Gasteiger partial charge in [0.15, 0.2) is 0 Å². The van der Waals surface area contributed by atoms with Crippen molar-refractivity contribution >= 4 is 22.5 Å². The van der Waals surface area contributed by atoms with Crippen molar-refractivity contribution < 1.29 is 27.5 Å². The lowest BCUT2D eigenvalue weighted by atomic mass is 10.00. The van der Waals surface area contributed by atoms with E-state index in [1.165, 1.54) is 6.07 Å². The Morgan fingerprint density at radius 1 is 1.06 bits per heavy atom. The van der Waals surface area contributed by atoms with Crippen molar-refractivity contribution in [1.82, 2.24) is 9.99 Å². The van der Waals surface area contributed by atoms with Gasteiger partial charge in [-0.05, 0) is 43.2 Å². The van der Waals surface area contributed by atoms with Gasteiger partial charge in [-0.15, -0.1) is 0 Å². The van der Waals surface area contributed by atoms with Gasteiger partial charge in [0.2, 0.25) is 5.72 Å². The molecular formula is C23H19F4N3O2. The number of amides is 1. The number of halogens is 4. The first-order chi connectivity index (χ1) is 15.1. The lowest BCUT2D eigenvalue weighted by Crippen LogP contribution is -2.51. The molecule has 0 aliphatic carbocycles. The van der Waals surface area contributed by atoms with E-state index in [0.29, 0.717) is 22.2 Å². The number of para-hydroxylation sites is 1. The second-order valence-corrected chi connectivity index (χ2v) is 7.74. The number of aliphatic hydroxyl groups is 1. The fourth-order valence-corrected chi connectivity index (χ4v) is 3.62. The minimum absolute atomic E-state index is 0.0745. The number of pyridine rings is 1. The summed E-state index contributed by atoms with van der Waals surface area (Å²) >= 11 is 0. The summed E-state index contributed by atoms with van der Waals surface area (Å²) in [5.74, 6) is -1.12. The fourth-order valence-electron chi connectivity index (χ4n) is 3.62. The normalized spacial score (nSPS) is 18.7. The summed E-state index contributed by atoms with van der Waals surface area (Å²) in [4.78, 5) is 17.9. The number of benzene rings is 2. The number of fused-ring (bicyclic) bond motifs is 1. The van der Waals surface area contributed by atoms with Crippen molar-refractivity contribution in [2.75, 3.05) is 0 Å². The Kier molecular flexibility index (Phi) is 5.46. The third-order valence-corrected chi connectivity index (χ3v) is 5.58. The number of carbonyl (C=O) groups is 1. The zero-order valence-electron chi connectivity index (χ0n) is 17.2. The standard InChI is InChI=1S/C23H19F4N3O2/c1-12-7-8-14(9-13(12)2)18-10-16(15-5-3-4-6-17(15)28-18)21(31)30-23(32,22(26)27)11-19(29-30)20(24)25/h3-10,20,22,32H,11H2,1-2H3/t23-/m0/s1. The highest BCUT2D eigenvalue weighted by Crippen LogP contribution is 2.36. The van der Waals surface area contributed by atoms with Crippen molar-refractivity contribution in [2.24, 2.45) is 5.10 Å². The van der Waals surface area contributed by atoms with Crippen LogP contribution in [0.2, 0.25) is 0 Å². The summed E-state index contributed by atoms with van der Waals surface area (Å²) in [5, 5.41) is 14.2. The van der Waals surface area contributed by atoms with E-state index in [1.807, 2.05) is 32.0 Å². The summed E-state index contributed by atoms with van der Waals surface area (Å²) in [6.07, 6.45) is -7.82. The molecule has 0 fully saturated rings. The first-order valence-electron chi connectivity index (χ1n) is 9.80. The Balaban J connectivity index is 1.89. The lowest BCUT2D eigenvalue weighted by molar-refractivity contribution is -0.164. The zero-order chi connectivity index (χ0) is 23.2. The van der Waals surface area contributed by atoms with Crippen molar-refractivity contribution in [1.29, 1.82) is 0 Å². The van der Waals surface area contributed by atoms with Gasteiger partial charge in [0.1, 0.15) is 5.71 Å². The van der Waals surface area contributed by atoms with Gasteiger partial charge in [0.05, 0.1) is 16.8 Å². The summed E-state index contributed by atoms with van der Waals surface area (Å²) in [6, 6.07) is 13.5. The average Bonchev–Trinajstić information content (AvgIpc) is 3.13. The number of hydrazone groups is 1. The van der Waals surface area contributed by atoms with E-state index in [-0.39, 0.29) is 10.6 Å². The van der Waals surface area contributed by atoms with Crippen LogP contribution in [-0.4, -0.2) is 45.3 Å². The van der Waals surface area contributed by atoms with Gasteiger partial charge in [0, 0.05) is 17.4 Å². The second-order valence-electron chi connectivity index (χ2n) is 7.74. The van der Waals surface area contributed by atoms with Gasteiger partial charge in [-0.1, -0.05) is 30.3 Å². The van der Waals surface area contributed by atoms with Crippen LogP contribution in [0.15, 0.2) is 53.6 Å². The molecule has 1 aromatic heterocycles. The second kappa shape index (κ2) is 7.98. The van der Waals surface area contributed by atoms with Gasteiger partial charge in [-0.2, -0.15) is 10.1 Å². The molecule has 0 unspecified atom stereocenters. The minimum atomic E-state index is -3.50. The maximum atomic E-state index is 13.7. The number of nitrogens with zero attached hydrogens (tertiary/aromatic N) is 3. The average molecular weight is 445 g/mol. The van der Waals surface area contributed by atoms with Crippen molar-refractivity contribution in [3.05, 3.63) is 65.2 Å². The molecule has 2 heterocycles. The monoisotopic (exact) mass is 445 g/mol. The Morgan fingerprint density at radius 2 is 1.78 bits per heavy atom. The van der Waals surface area contributed by atoms with Crippen LogP contribution in [-0.2, 0) is 0 Å². The van der Waals surface area contributed by atoms with E-state index >= 15 is 0 Å². The van der Waals surface area contributed by atoms with Crippen LogP contribution in [0.5, 0.6) is 0 Å². The quantitative estimate of drug-likeness (QED) is 0.579. The third-order valence-electron chi connectivity index (χ3n) is 5.58. The molecule has 166 valence electrons. The van der Waals surface area contributed by atoms with Gasteiger partial charge in [0.25, 0.3) is 18.8 Å². The van der Waals surface area contributed by atoms with Crippen molar-refractivity contribution in [3.8, 4) is 11.3 Å². The maximum Gasteiger partial charge on any atom is 0.287 e. The SMILES string of the molecule is Cc1ccc(-c2cc(C(=O)N3N=C(C(F)F)C[C@]3(O)C(F)F)c3ccccc3n2)cc1C. The number of rotatable bonds is 4. The number of hydrogen-bond donors (Lipinski definition) is 1. The molecule has 0 saturated heterocycles. The highest BCUT2D eigenvalue weighted by Gasteiger charge is 2.53. The largest absolute Gasteiger partial charge is 0.364 e. The number of aryl methyl sites for hydroxylation is 2. The Bertz CT molecular complexity index is 1250. The number of hydrogen-bond acceptors (Lipinski definition) is 4. The van der Waals surface area contributed by atoms with Crippen molar-refractivity contribution in [3.63, 3.8) is 0 Å². The predicted molar refractivity (Wildman–Crippen MR) is 112 cm³/mol. The van der Waals surface area contributed by atoms with E-state index in [2.05, 4.69) is 10.1 Å². The Hall–Kier alpha value is -3.33. The maximum absolute atomic E-state index is 13.7. The molecule has 1 aliphatic rings. The first kappa shape index (κ1) is 21.9. The molecule has 1 amide bonds. The molecule has 1 aliphatic heterocycles. The summed E-state index contributed by atoms with van der Waals surface area (Å²) < 4.78 is 53.6. The van der Waals surface area contributed by atoms with E-state index < -0.39 is 36.6 Å². The van der Waals surface area contributed by atoms with Crippen LogP contribution in [0.4, 0.5) is 17.6 Å². The molecule has 4 rings (SSSR count). The van der Waals surface area contributed by atoms with Crippen LogP contribution in [0.25, 0.3) is 22.2 Å². The van der Waals surface area contributed by atoms with Gasteiger partial charge in [-0.25, -0.2) is 22.5 Å². The molecule has 9 heteroatoms. The molecule has 3 aromatic rings. The highest BCUT2D eigenvalue weighted by molar-refractivity contribution is 6.08. The molecule has 2 aromatic carbocycles. The van der Waals surface area contributed by atoms with E-state index in [1.54, 1.807) is 24.3 Å². The topological polar surface area (TPSA) is 65.8 Å². The van der Waals surface area contributed by atoms with Crippen LogP contribution < -0.4 is 0 Å². The smallest absolute Gasteiger partial charge is 0.287 e. The molecule has 0 radical (unpaired) electrons. The molecule has 0 spiro atoms. The highest BCUT2D eigenvalue weighted by atomic mass is 19.3. The number of alkyl halides is 4. The molecule has 1 atom stereocenters. The van der Waals surface area contributed by atoms with Crippen molar-refractivity contribution in [2.45, 2.75) is 38.8 Å². The van der Waals surface area contributed by atoms with E-state index in [0.717, 1.165) is 11.1 Å². The first-order valence-corrected chi connectivity index (χ1v) is 9.80. The third kappa shape index (κ3) is 3.62. The minimum Gasteiger partial charge on any atom is -0.364 e. The van der Waals surface area contributed by atoms with Gasteiger partial charge >= 0.3 is 0 Å². The number of aromatic nitrogens is 1. The van der Waals surface area contributed by atoms with Gasteiger partial charge < -0.3 is 5.11 Å². The Morgan fingerprint density at radius 3 is 2.44 bits per heavy atom. The molecule has 0 bridgehead atoms. The Labute approximate surface area is 181 Å². The molecule has 0 saturated carbocycles. The zero-order valence-corrected chi connectivity index (χ0v) is 17.2. The van der Waals surface area contributed by atoms with Crippen LogP contribution in [0.3, 0.4) is 0 Å². The molecule has 1 N–H and O–H groups in total. The fraction of sp³-hybridized carbons (Fsp3) is 0.261.